The fourth-order valence-electron chi connectivity index (χ4n) is 1.82. The zero-order chi connectivity index (χ0) is 16.7. The minimum atomic E-state index is -0.479. The summed E-state index contributed by atoms with van der Waals surface area (Å²) >= 11 is 0. The first-order chi connectivity index (χ1) is 10.3. The van der Waals surface area contributed by atoms with Crippen LogP contribution in [-0.2, 0) is 19.1 Å². The van der Waals surface area contributed by atoms with Crippen molar-refractivity contribution in [1.82, 2.24) is 0 Å². The number of carbonyl (C=O) groups is 2. The van der Waals surface area contributed by atoms with Crippen LogP contribution in [0.25, 0.3) is 0 Å². The molecule has 0 amide bonds. The highest BCUT2D eigenvalue weighted by Crippen LogP contribution is 2.20. The number of hydrogen-bond donors (Lipinski definition) is 0. The molecule has 0 aliphatic heterocycles. The van der Waals surface area contributed by atoms with Gasteiger partial charge in [0.05, 0.1) is 24.4 Å². The average Bonchev–Trinajstić information content (AvgIpc) is 2.63. The van der Waals surface area contributed by atoms with Crippen molar-refractivity contribution < 1.29 is 19.1 Å². The first-order valence-corrected chi connectivity index (χ1v) is 7.73. The first-order valence-electron chi connectivity index (χ1n) is 7.73. The van der Waals surface area contributed by atoms with Crippen molar-refractivity contribution in [2.24, 2.45) is 11.8 Å². The molecule has 0 saturated heterocycles. The molecule has 4 nitrogen and oxygen atoms in total. The first kappa shape index (κ1) is 18.2. The summed E-state index contributed by atoms with van der Waals surface area (Å²) in [7, 11) is 0. The number of hydrogen-bond acceptors (Lipinski definition) is 4. The van der Waals surface area contributed by atoms with Crippen LogP contribution in [0, 0.1) is 11.8 Å². The molecule has 0 radical (unpaired) electrons. The van der Waals surface area contributed by atoms with Gasteiger partial charge in [-0.05, 0) is 31.3 Å². The number of allylic oxidation sites excluding steroid dienone is 2. The van der Waals surface area contributed by atoms with Gasteiger partial charge in [0.15, 0.2) is 0 Å². The van der Waals surface area contributed by atoms with Gasteiger partial charge < -0.3 is 9.47 Å². The third kappa shape index (κ3) is 5.88. The van der Waals surface area contributed by atoms with Crippen LogP contribution >= 0.6 is 0 Å². The number of esters is 2. The van der Waals surface area contributed by atoms with E-state index < -0.39 is 11.9 Å². The second-order valence-electron chi connectivity index (χ2n) is 6.41. The maximum Gasteiger partial charge on any atom is 0.339 e. The van der Waals surface area contributed by atoms with Gasteiger partial charge in [0.2, 0.25) is 0 Å². The van der Waals surface area contributed by atoms with Gasteiger partial charge in [0, 0.05) is 0 Å². The minimum absolute atomic E-state index is 0.243. The molecular formula is C18H26O4. The summed E-state index contributed by atoms with van der Waals surface area (Å²) in [6.07, 6.45) is 5.93. The summed E-state index contributed by atoms with van der Waals surface area (Å²) in [4.78, 5) is 24.5. The second-order valence-corrected chi connectivity index (χ2v) is 6.41. The summed E-state index contributed by atoms with van der Waals surface area (Å²) in [5, 5.41) is 0. The molecule has 0 aromatic rings. The zero-order valence-electron chi connectivity index (χ0n) is 14.1. The Bertz CT molecular complexity index is 507. The maximum atomic E-state index is 12.3. The quantitative estimate of drug-likeness (QED) is 0.704. The molecule has 22 heavy (non-hydrogen) atoms. The third-order valence-corrected chi connectivity index (χ3v) is 2.94. The van der Waals surface area contributed by atoms with Gasteiger partial charge in [0.25, 0.3) is 0 Å². The molecule has 0 N–H and O–H groups in total. The monoisotopic (exact) mass is 306 g/mol. The molecule has 1 aliphatic carbocycles. The van der Waals surface area contributed by atoms with Gasteiger partial charge in [-0.15, -0.1) is 0 Å². The van der Waals surface area contributed by atoms with Gasteiger partial charge >= 0.3 is 11.9 Å². The lowest BCUT2D eigenvalue weighted by Gasteiger charge is -2.12. The molecule has 0 aromatic carbocycles. The van der Waals surface area contributed by atoms with E-state index in [1.807, 2.05) is 40.7 Å². The lowest BCUT2D eigenvalue weighted by molar-refractivity contribution is -0.142. The van der Waals surface area contributed by atoms with E-state index in [-0.39, 0.29) is 23.0 Å². The SMILES string of the molecule is CC1=CC(C(=O)OCC(C)C)=C(C(=O)OCC(C)C)C=CC1. The molecule has 1 aliphatic rings. The Morgan fingerprint density at radius 2 is 1.50 bits per heavy atom. The lowest BCUT2D eigenvalue weighted by Crippen LogP contribution is -2.18. The highest BCUT2D eigenvalue weighted by molar-refractivity contribution is 6.04. The van der Waals surface area contributed by atoms with E-state index in [1.54, 1.807) is 12.2 Å². The summed E-state index contributed by atoms with van der Waals surface area (Å²) in [5.74, 6) is -0.469. The van der Waals surface area contributed by atoms with Crippen LogP contribution in [0.4, 0.5) is 0 Å². The highest BCUT2D eigenvalue weighted by Gasteiger charge is 2.22. The summed E-state index contributed by atoms with van der Waals surface area (Å²) in [5.41, 5.74) is 1.55. The summed E-state index contributed by atoms with van der Waals surface area (Å²) < 4.78 is 10.5. The molecule has 0 fully saturated rings. The Morgan fingerprint density at radius 3 is 2.00 bits per heavy atom. The van der Waals surface area contributed by atoms with Gasteiger partial charge in [-0.25, -0.2) is 9.59 Å². The third-order valence-electron chi connectivity index (χ3n) is 2.94. The van der Waals surface area contributed by atoms with E-state index in [1.165, 1.54) is 0 Å². The van der Waals surface area contributed by atoms with Crippen LogP contribution in [0.15, 0.2) is 34.9 Å². The zero-order valence-corrected chi connectivity index (χ0v) is 14.1. The predicted octanol–water partition coefficient (Wildman–Crippen LogP) is 3.59. The Morgan fingerprint density at radius 1 is 1.00 bits per heavy atom. The smallest absolute Gasteiger partial charge is 0.339 e. The number of ether oxygens (including phenoxy) is 2. The van der Waals surface area contributed by atoms with Crippen molar-refractivity contribution >= 4 is 11.9 Å². The molecule has 0 bridgehead atoms. The molecule has 0 atom stereocenters. The van der Waals surface area contributed by atoms with Crippen LogP contribution in [0.5, 0.6) is 0 Å². The number of rotatable bonds is 6. The van der Waals surface area contributed by atoms with Crippen LogP contribution in [-0.4, -0.2) is 25.2 Å². The molecule has 122 valence electrons. The van der Waals surface area contributed by atoms with Crippen molar-refractivity contribution in [2.45, 2.75) is 41.0 Å². The van der Waals surface area contributed by atoms with Crippen molar-refractivity contribution in [3.8, 4) is 0 Å². The van der Waals surface area contributed by atoms with Crippen molar-refractivity contribution in [3.63, 3.8) is 0 Å². The average molecular weight is 306 g/mol. The van der Waals surface area contributed by atoms with E-state index in [0.29, 0.717) is 19.6 Å². The lowest BCUT2D eigenvalue weighted by atomic mass is 10.1. The van der Waals surface area contributed by atoms with E-state index in [0.717, 1.165) is 5.57 Å². The number of carbonyl (C=O) groups excluding carboxylic acids is 2. The van der Waals surface area contributed by atoms with Crippen LogP contribution in [0.3, 0.4) is 0 Å². The molecule has 1 rings (SSSR count). The normalized spacial score (nSPS) is 15.0. The molecule has 0 aromatic heterocycles. The Balaban J connectivity index is 3.03. The van der Waals surface area contributed by atoms with Crippen molar-refractivity contribution in [2.75, 3.05) is 13.2 Å². The van der Waals surface area contributed by atoms with E-state index in [4.69, 9.17) is 9.47 Å². The highest BCUT2D eigenvalue weighted by atomic mass is 16.5. The molecule has 0 spiro atoms. The molecule has 4 heteroatoms. The minimum Gasteiger partial charge on any atom is -0.462 e. The van der Waals surface area contributed by atoms with Gasteiger partial charge in [-0.1, -0.05) is 45.4 Å². The largest absolute Gasteiger partial charge is 0.462 e. The molecular weight excluding hydrogens is 280 g/mol. The van der Waals surface area contributed by atoms with Crippen molar-refractivity contribution in [3.05, 3.63) is 34.9 Å². The summed E-state index contributed by atoms with van der Waals surface area (Å²) in [6.45, 7) is 10.4. The summed E-state index contributed by atoms with van der Waals surface area (Å²) in [6, 6.07) is 0. The van der Waals surface area contributed by atoms with Gasteiger partial charge in [0.1, 0.15) is 0 Å². The van der Waals surface area contributed by atoms with Crippen molar-refractivity contribution in [1.29, 1.82) is 0 Å². The molecule has 0 saturated carbocycles. The van der Waals surface area contributed by atoms with E-state index in [2.05, 4.69) is 0 Å². The van der Waals surface area contributed by atoms with E-state index >= 15 is 0 Å². The Hall–Kier alpha value is -1.84. The molecule has 0 unspecified atom stereocenters. The maximum absolute atomic E-state index is 12.3. The molecule has 0 heterocycles. The second kappa shape index (κ2) is 8.57. The van der Waals surface area contributed by atoms with Gasteiger partial charge in [-0.3, -0.25) is 0 Å². The van der Waals surface area contributed by atoms with Crippen LogP contribution in [0.1, 0.15) is 41.0 Å². The predicted molar refractivity (Wildman–Crippen MR) is 86.1 cm³/mol. The van der Waals surface area contributed by atoms with Gasteiger partial charge in [-0.2, -0.15) is 0 Å². The fourth-order valence-corrected chi connectivity index (χ4v) is 1.82. The van der Waals surface area contributed by atoms with E-state index in [9.17, 15) is 9.59 Å². The fraction of sp³-hybridized carbons (Fsp3) is 0.556. The van der Waals surface area contributed by atoms with Crippen LogP contribution < -0.4 is 0 Å². The Kier molecular flexibility index (Phi) is 7.09. The Labute approximate surface area is 132 Å². The van der Waals surface area contributed by atoms with Crippen LogP contribution in [0.2, 0.25) is 0 Å². The topological polar surface area (TPSA) is 52.6 Å². The standard InChI is InChI=1S/C18H26O4/c1-12(2)10-21-17(19)15-8-6-7-14(5)9-16(15)18(20)22-11-13(3)4/h6,8-9,12-13H,7,10-11H2,1-5H3.